The topological polar surface area (TPSA) is 106 Å². The number of nitrogens with zero attached hydrogens (tertiary/aromatic N) is 3. The maximum Gasteiger partial charge on any atom is 0.573 e. The molecule has 1 saturated heterocycles. The first kappa shape index (κ1) is 34.0. The molecule has 1 fully saturated rings. The van der Waals surface area contributed by atoms with Crippen LogP contribution in [-0.2, 0) is 21.9 Å². The zero-order chi connectivity index (χ0) is 34.0. The van der Waals surface area contributed by atoms with Crippen molar-refractivity contribution < 1.29 is 31.1 Å². The van der Waals surface area contributed by atoms with Crippen molar-refractivity contribution in [1.82, 2.24) is 14.1 Å². The summed E-state index contributed by atoms with van der Waals surface area (Å²) in [6.07, 6.45) is -3.06. The number of urea groups is 1. The van der Waals surface area contributed by atoms with E-state index in [4.69, 9.17) is 5.10 Å². The van der Waals surface area contributed by atoms with Crippen LogP contribution in [-0.4, -0.2) is 48.0 Å². The molecule has 13 heteroatoms. The molecule has 47 heavy (non-hydrogen) atoms. The van der Waals surface area contributed by atoms with Crippen molar-refractivity contribution in [3.05, 3.63) is 95.7 Å². The average Bonchev–Trinajstić information content (AvgIpc) is 3.42. The SMILES string of the molecule is Cc1ccc(-n2nc(C(C)(C)C)cc2NC(=O)Nc2ccccc2CC2CCN(S(=O)(=O)c3ccc(OC(F)(F)F)cc3)CC2)cc1. The Balaban J connectivity index is 1.22. The highest BCUT2D eigenvalue weighted by molar-refractivity contribution is 7.89. The van der Waals surface area contributed by atoms with E-state index < -0.39 is 28.2 Å². The number of halogens is 3. The van der Waals surface area contributed by atoms with Gasteiger partial charge in [-0.25, -0.2) is 17.9 Å². The van der Waals surface area contributed by atoms with Crippen molar-refractivity contribution in [2.75, 3.05) is 23.7 Å². The lowest BCUT2D eigenvalue weighted by atomic mass is 9.90. The molecule has 4 aromatic rings. The van der Waals surface area contributed by atoms with Crippen LogP contribution < -0.4 is 15.4 Å². The molecule has 1 aromatic heterocycles. The minimum Gasteiger partial charge on any atom is -0.406 e. The molecule has 250 valence electrons. The van der Waals surface area contributed by atoms with E-state index in [0.29, 0.717) is 30.8 Å². The minimum atomic E-state index is -4.86. The number of nitrogens with one attached hydrogen (secondary N) is 2. The summed E-state index contributed by atoms with van der Waals surface area (Å²) in [7, 11) is -3.88. The molecule has 1 aliphatic heterocycles. The molecule has 0 radical (unpaired) electrons. The highest BCUT2D eigenvalue weighted by Crippen LogP contribution is 2.31. The second kappa shape index (κ2) is 13.4. The summed E-state index contributed by atoms with van der Waals surface area (Å²) in [5.74, 6) is 0.208. The molecule has 0 unspecified atom stereocenters. The lowest BCUT2D eigenvalue weighted by Gasteiger charge is -2.31. The van der Waals surface area contributed by atoms with E-state index >= 15 is 0 Å². The van der Waals surface area contributed by atoms with Crippen molar-refractivity contribution in [1.29, 1.82) is 0 Å². The Morgan fingerprint density at radius 1 is 0.936 bits per heavy atom. The average molecular weight is 670 g/mol. The molecule has 1 aliphatic rings. The van der Waals surface area contributed by atoms with Gasteiger partial charge in [0.2, 0.25) is 10.0 Å². The first-order valence-electron chi connectivity index (χ1n) is 15.3. The fourth-order valence-electron chi connectivity index (χ4n) is 5.44. The van der Waals surface area contributed by atoms with Crippen molar-refractivity contribution in [3.8, 4) is 11.4 Å². The molecule has 9 nitrogen and oxygen atoms in total. The second-order valence-corrected chi connectivity index (χ2v) is 14.7. The molecule has 5 rings (SSSR count). The summed E-state index contributed by atoms with van der Waals surface area (Å²) in [6.45, 7) is 8.72. The molecule has 2 heterocycles. The third kappa shape index (κ3) is 8.52. The van der Waals surface area contributed by atoms with Crippen LogP contribution in [0, 0.1) is 12.8 Å². The van der Waals surface area contributed by atoms with Gasteiger partial charge in [0.25, 0.3) is 0 Å². The fraction of sp³-hybridized carbons (Fsp3) is 0.353. The van der Waals surface area contributed by atoms with Crippen LogP contribution >= 0.6 is 0 Å². The lowest BCUT2D eigenvalue weighted by Crippen LogP contribution is -2.38. The van der Waals surface area contributed by atoms with Crippen LogP contribution in [0.1, 0.15) is 50.4 Å². The van der Waals surface area contributed by atoms with Crippen LogP contribution in [0.25, 0.3) is 5.69 Å². The van der Waals surface area contributed by atoms with Gasteiger partial charge in [0.1, 0.15) is 11.6 Å². The number of carbonyl (C=O) groups is 1. The maximum atomic E-state index is 13.3. The van der Waals surface area contributed by atoms with Crippen molar-refractivity contribution in [3.63, 3.8) is 0 Å². The van der Waals surface area contributed by atoms with Gasteiger partial charge in [-0.15, -0.1) is 13.2 Å². The molecule has 0 atom stereocenters. The summed E-state index contributed by atoms with van der Waals surface area (Å²) >= 11 is 0. The van der Waals surface area contributed by atoms with E-state index in [1.807, 2.05) is 61.5 Å². The predicted molar refractivity (Wildman–Crippen MR) is 174 cm³/mol. The first-order chi connectivity index (χ1) is 22.1. The van der Waals surface area contributed by atoms with Crippen molar-refractivity contribution in [2.45, 2.75) is 63.6 Å². The maximum absolute atomic E-state index is 13.3. The Morgan fingerprint density at radius 2 is 1.57 bits per heavy atom. The quantitative estimate of drug-likeness (QED) is 0.200. The summed E-state index contributed by atoms with van der Waals surface area (Å²) in [6, 6.07) is 21.1. The lowest BCUT2D eigenvalue weighted by molar-refractivity contribution is -0.274. The van der Waals surface area contributed by atoms with Gasteiger partial charge in [-0.1, -0.05) is 56.7 Å². The molecular weight excluding hydrogens is 631 g/mol. The predicted octanol–water partition coefficient (Wildman–Crippen LogP) is 7.66. The minimum absolute atomic E-state index is 0.0932. The number of hydrogen-bond acceptors (Lipinski definition) is 5. The van der Waals surface area contributed by atoms with E-state index in [-0.39, 0.29) is 29.3 Å². The van der Waals surface area contributed by atoms with Gasteiger partial charge in [0.05, 0.1) is 16.3 Å². The number of anilines is 2. The number of amides is 2. The van der Waals surface area contributed by atoms with E-state index in [1.165, 1.54) is 4.31 Å². The van der Waals surface area contributed by atoms with Crippen LogP contribution in [0.15, 0.2) is 83.8 Å². The number of hydrogen-bond donors (Lipinski definition) is 2. The van der Waals surface area contributed by atoms with Gasteiger partial charge in [0.15, 0.2) is 0 Å². The standard InChI is InChI=1S/C34H38F3N5O4S/c1-23-9-11-26(12-10-23)42-31(22-30(40-42)33(2,3)4)39-32(43)38-29-8-6-5-7-25(29)21-24-17-19-41(20-18-24)47(44,45)28-15-13-27(14-16-28)46-34(35,36)37/h5-16,22,24H,17-21H2,1-4H3,(H2,38,39,43). The number of piperidine rings is 1. The molecule has 2 amide bonds. The number of carbonyl (C=O) groups excluding carboxylic acids is 1. The smallest absolute Gasteiger partial charge is 0.406 e. The van der Waals surface area contributed by atoms with Gasteiger partial charge < -0.3 is 10.1 Å². The Labute approximate surface area is 272 Å². The van der Waals surface area contributed by atoms with Crippen LogP contribution in [0.3, 0.4) is 0 Å². The number of ether oxygens (including phenoxy) is 1. The fourth-order valence-corrected chi connectivity index (χ4v) is 6.91. The number of rotatable bonds is 8. The van der Waals surface area contributed by atoms with E-state index in [9.17, 15) is 26.4 Å². The van der Waals surface area contributed by atoms with Crippen LogP contribution in [0.4, 0.5) is 29.5 Å². The van der Waals surface area contributed by atoms with E-state index in [0.717, 1.165) is 46.8 Å². The van der Waals surface area contributed by atoms with Gasteiger partial charge in [-0.2, -0.15) is 9.40 Å². The molecule has 0 bridgehead atoms. The Bertz CT molecular complexity index is 1810. The Kier molecular flexibility index (Phi) is 9.69. The second-order valence-electron chi connectivity index (χ2n) is 12.7. The van der Waals surface area contributed by atoms with Crippen molar-refractivity contribution in [2.24, 2.45) is 5.92 Å². The molecule has 0 saturated carbocycles. The first-order valence-corrected chi connectivity index (χ1v) is 16.7. The number of para-hydroxylation sites is 1. The highest BCUT2D eigenvalue weighted by Gasteiger charge is 2.33. The summed E-state index contributed by atoms with van der Waals surface area (Å²) < 4.78 is 70.7. The number of aryl methyl sites for hydroxylation is 1. The highest BCUT2D eigenvalue weighted by atomic mass is 32.2. The monoisotopic (exact) mass is 669 g/mol. The Morgan fingerprint density at radius 3 is 2.19 bits per heavy atom. The van der Waals surface area contributed by atoms with Gasteiger partial charge >= 0.3 is 12.4 Å². The molecule has 3 aromatic carbocycles. The van der Waals surface area contributed by atoms with Crippen LogP contribution in [0.2, 0.25) is 0 Å². The van der Waals surface area contributed by atoms with E-state index in [1.54, 1.807) is 4.68 Å². The number of aromatic nitrogens is 2. The normalized spacial score (nSPS) is 15.0. The molecule has 0 spiro atoms. The van der Waals surface area contributed by atoms with Crippen molar-refractivity contribution >= 4 is 27.6 Å². The van der Waals surface area contributed by atoms with Gasteiger partial charge in [-0.3, -0.25) is 5.32 Å². The molecule has 2 N–H and O–H groups in total. The summed E-state index contributed by atoms with van der Waals surface area (Å²) in [4.78, 5) is 13.2. The Hall–Kier alpha value is -4.36. The molecular formula is C34H38F3N5O4S. The summed E-state index contributed by atoms with van der Waals surface area (Å²) in [5.41, 5.74) is 4.10. The number of alkyl halides is 3. The number of benzene rings is 3. The van der Waals surface area contributed by atoms with Gasteiger partial charge in [-0.05, 0) is 80.1 Å². The molecule has 0 aliphatic carbocycles. The van der Waals surface area contributed by atoms with E-state index in [2.05, 4.69) is 36.1 Å². The largest absolute Gasteiger partial charge is 0.573 e. The zero-order valence-electron chi connectivity index (χ0n) is 26.6. The third-order valence-corrected chi connectivity index (χ3v) is 9.95. The van der Waals surface area contributed by atoms with Gasteiger partial charge in [0, 0.05) is 30.3 Å². The summed E-state index contributed by atoms with van der Waals surface area (Å²) in [5, 5.41) is 10.7. The number of sulfonamides is 1. The zero-order valence-corrected chi connectivity index (χ0v) is 27.5. The van der Waals surface area contributed by atoms with Crippen LogP contribution in [0.5, 0.6) is 5.75 Å². The third-order valence-electron chi connectivity index (χ3n) is 8.04.